The number of rotatable bonds is 3. The van der Waals surface area contributed by atoms with Crippen LogP contribution in [0, 0.1) is 13.8 Å². The topological polar surface area (TPSA) is 81.4 Å². The van der Waals surface area contributed by atoms with E-state index < -0.39 is 11.9 Å². The van der Waals surface area contributed by atoms with Crippen molar-refractivity contribution in [2.24, 2.45) is 0 Å². The number of carboxylic acid groups (broad SMARTS) is 1. The number of aromatic nitrogens is 2. The molecule has 0 spiro atoms. The Morgan fingerprint density at radius 2 is 2.14 bits per heavy atom. The fraction of sp³-hybridized carbons (Fsp3) is 0.667. The lowest BCUT2D eigenvalue weighted by atomic mass is 9.96. The SMILES string of the molecule is Cc1nc(=O)n(C2CCOC(C)C2)c(C)c1C(C)C(=O)O. The van der Waals surface area contributed by atoms with Crippen LogP contribution in [-0.4, -0.2) is 33.3 Å². The largest absolute Gasteiger partial charge is 0.481 e. The molecule has 1 aliphatic heterocycles. The van der Waals surface area contributed by atoms with Gasteiger partial charge in [0.05, 0.1) is 12.0 Å². The molecule has 0 aliphatic carbocycles. The molecule has 6 heteroatoms. The second-order valence-corrected chi connectivity index (χ2v) is 5.77. The van der Waals surface area contributed by atoms with Crippen molar-refractivity contribution < 1.29 is 14.6 Å². The van der Waals surface area contributed by atoms with Crippen molar-refractivity contribution in [1.29, 1.82) is 0 Å². The van der Waals surface area contributed by atoms with Gasteiger partial charge in [0.1, 0.15) is 0 Å². The lowest BCUT2D eigenvalue weighted by molar-refractivity contribution is -0.138. The molecular weight excluding hydrogens is 272 g/mol. The first kappa shape index (κ1) is 15.7. The summed E-state index contributed by atoms with van der Waals surface area (Å²) < 4.78 is 7.17. The molecule has 21 heavy (non-hydrogen) atoms. The van der Waals surface area contributed by atoms with Crippen LogP contribution >= 0.6 is 0 Å². The highest BCUT2D eigenvalue weighted by Gasteiger charge is 2.27. The van der Waals surface area contributed by atoms with Gasteiger partial charge in [-0.1, -0.05) is 0 Å². The van der Waals surface area contributed by atoms with Gasteiger partial charge in [0.25, 0.3) is 0 Å². The number of hydrogen-bond donors (Lipinski definition) is 1. The summed E-state index contributed by atoms with van der Waals surface area (Å²) in [7, 11) is 0. The zero-order valence-electron chi connectivity index (χ0n) is 12.9. The van der Waals surface area contributed by atoms with Crippen LogP contribution in [0.2, 0.25) is 0 Å². The summed E-state index contributed by atoms with van der Waals surface area (Å²) in [6, 6.07) is 0.0223. The smallest absolute Gasteiger partial charge is 0.348 e. The maximum Gasteiger partial charge on any atom is 0.348 e. The minimum absolute atomic E-state index is 0.0223. The van der Waals surface area contributed by atoms with Gasteiger partial charge in [-0.25, -0.2) is 4.79 Å². The van der Waals surface area contributed by atoms with Crippen molar-refractivity contribution in [3.8, 4) is 0 Å². The first-order valence-corrected chi connectivity index (χ1v) is 7.27. The summed E-state index contributed by atoms with van der Waals surface area (Å²) in [5, 5.41) is 9.26. The number of ether oxygens (including phenoxy) is 1. The molecular formula is C15H22N2O4. The monoisotopic (exact) mass is 294 g/mol. The predicted molar refractivity (Wildman–Crippen MR) is 77.7 cm³/mol. The van der Waals surface area contributed by atoms with Crippen LogP contribution < -0.4 is 5.69 Å². The number of hydrogen-bond acceptors (Lipinski definition) is 4. The van der Waals surface area contributed by atoms with Crippen LogP contribution in [0.25, 0.3) is 0 Å². The van der Waals surface area contributed by atoms with E-state index in [2.05, 4.69) is 4.98 Å². The Hall–Kier alpha value is -1.69. The summed E-state index contributed by atoms with van der Waals surface area (Å²) in [6.07, 6.45) is 1.58. The molecule has 6 nitrogen and oxygen atoms in total. The standard InChI is InChI=1S/C15H22N2O4/c1-8-7-12(5-6-21-8)17-11(4)13(9(2)14(18)19)10(3)16-15(17)20/h8-9,12H,5-7H2,1-4H3,(H,18,19). The summed E-state index contributed by atoms with van der Waals surface area (Å²) in [5.74, 6) is -1.59. The maximum atomic E-state index is 12.3. The van der Waals surface area contributed by atoms with Gasteiger partial charge in [0.15, 0.2) is 0 Å². The van der Waals surface area contributed by atoms with Gasteiger partial charge in [0.2, 0.25) is 0 Å². The molecule has 1 aromatic rings. The summed E-state index contributed by atoms with van der Waals surface area (Å²) in [6.45, 7) is 7.72. The van der Waals surface area contributed by atoms with Gasteiger partial charge < -0.3 is 9.84 Å². The third kappa shape index (κ3) is 3.00. The molecule has 3 unspecified atom stereocenters. The normalized spacial score (nSPS) is 23.8. The lowest BCUT2D eigenvalue weighted by Crippen LogP contribution is -2.36. The fourth-order valence-electron chi connectivity index (χ4n) is 3.18. The van der Waals surface area contributed by atoms with Gasteiger partial charge in [-0.15, -0.1) is 0 Å². The second kappa shape index (κ2) is 5.97. The molecule has 0 aromatic carbocycles. The van der Waals surface area contributed by atoms with E-state index >= 15 is 0 Å². The van der Waals surface area contributed by atoms with Crippen LogP contribution in [0.4, 0.5) is 0 Å². The van der Waals surface area contributed by atoms with Gasteiger partial charge in [-0.2, -0.15) is 4.98 Å². The third-order valence-electron chi connectivity index (χ3n) is 4.24. The van der Waals surface area contributed by atoms with Crippen LogP contribution in [0.15, 0.2) is 4.79 Å². The van der Waals surface area contributed by atoms with Crippen molar-refractivity contribution >= 4 is 5.97 Å². The molecule has 0 saturated carbocycles. The molecule has 3 atom stereocenters. The van der Waals surface area contributed by atoms with Crippen molar-refractivity contribution in [1.82, 2.24) is 9.55 Å². The van der Waals surface area contributed by atoms with Crippen LogP contribution in [0.5, 0.6) is 0 Å². The number of aryl methyl sites for hydroxylation is 1. The van der Waals surface area contributed by atoms with Gasteiger partial charge in [-0.05, 0) is 40.5 Å². The molecule has 1 aromatic heterocycles. The maximum absolute atomic E-state index is 12.3. The summed E-state index contributed by atoms with van der Waals surface area (Å²) in [4.78, 5) is 27.6. The number of nitrogens with zero attached hydrogens (tertiary/aromatic N) is 2. The van der Waals surface area contributed by atoms with Crippen molar-refractivity contribution in [2.45, 2.75) is 58.6 Å². The highest BCUT2D eigenvalue weighted by atomic mass is 16.5. The number of aliphatic carboxylic acids is 1. The molecule has 0 amide bonds. The van der Waals surface area contributed by atoms with Gasteiger partial charge >= 0.3 is 11.7 Å². The van der Waals surface area contributed by atoms with E-state index in [0.29, 0.717) is 23.6 Å². The number of carboxylic acids is 1. The molecule has 2 rings (SSSR count). The Morgan fingerprint density at radius 1 is 1.48 bits per heavy atom. The van der Waals surface area contributed by atoms with Crippen LogP contribution in [-0.2, 0) is 9.53 Å². The van der Waals surface area contributed by atoms with Crippen molar-refractivity contribution in [3.05, 3.63) is 27.4 Å². The van der Waals surface area contributed by atoms with Crippen molar-refractivity contribution in [3.63, 3.8) is 0 Å². The lowest BCUT2D eigenvalue weighted by Gasteiger charge is -2.31. The highest BCUT2D eigenvalue weighted by Crippen LogP contribution is 2.28. The van der Waals surface area contributed by atoms with Crippen molar-refractivity contribution in [2.75, 3.05) is 6.61 Å². The summed E-state index contributed by atoms with van der Waals surface area (Å²) in [5.41, 5.74) is 1.55. The minimum Gasteiger partial charge on any atom is -0.481 e. The van der Waals surface area contributed by atoms with E-state index in [1.165, 1.54) is 0 Å². The van der Waals surface area contributed by atoms with E-state index in [1.807, 2.05) is 13.8 Å². The quantitative estimate of drug-likeness (QED) is 0.919. The molecule has 1 aliphatic rings. The van der Waals surface area contributed by atoms with E-state index in [9.17, 15) is 14.7 Å². The number of carbonyl (C=O) groups is 1. The Balaban J connectivity index is 2.53. The average molecular weight is 294 g/mol. The zero-order valence-corrected chi connectivity index (χ0v) is 12.9. The molecule has 0 bridgehead atoms. The van der Waals surface area contributed by atoms with E-state index in [-0.39, 0.29) is 17.8 Å². The van der Waals surface area contributed by atoms with Crippen LogP contribution in [0.1, 0.15) is 55.6 Å². The van der Waals surface area contributed by atoms with E-state index in [1.54, 1.807) is 18.4 Å². The van der Waals surface area contributed by atoms with E-state index in [0.717, 1.165) is 12.8 Å². The van der Waals surface area contributed by atoms with Crippen LogP contribution in [0.3, 0.4) is 0 Å². The Morgan fingerprint density at radius 3 is 2.71 bits per heavy atom. The van der Waals surface area contributed by atoms with E-state index in [4.69, 9.17) is 4.74 Å². The molecule has 116 valence electrons. The first-order chi connectivity index (χ1) is 9.82. The first-order valence-electron chi connectivity index (χ1n) is 7.27. The minimum atomic E-state index is -0.909. The molecule has 1 N–H and O–H groups in total. The average Bonchev–Trinajstić information content (AvgIpc) is 2.37. The Labute approximate surface area is 123 Å². The second-order valence-electron chi connectivity index (χ2n) is 5.77. The molecule has 0 radical (unpaired) electrons. The highest BCUT2D eigenvalue weighted by molar-refractivity contribution is 5.76. The predicted octanol–water partition coefficient (Wildman–Crippen LogP) is 1.79. The van der Waals surface area contributed by atoms with Gasteiger partial charge in [0, 0.05) is 29.6 Å². The Kier molecular flexibility index (Phi) is 4.46. The van der Waals surface area contributed by atoms with Gasteiger partial charge in [-0.3, -0.25) is 9.36 Å². The molecule has 1 saturated heterocycles. The summed E-state index contributed by atoms with van der Waals surface area (Å²) >= 11 is 0. The zero-order chi connectivity index (χ0) is 15.7. The molecule has 1 fully saturated rings. The fourth-order valence-corrected chi connectivity index (χ4v) is 3.18. The molecule has 2 heterocycles. The Bertz CT molecular complexity index is 608. The third-order valence-corrected chi connectivity index (χ3v) is 4.24.